The molecule has 1 unspecified atom stereocenters. The zero-order valence-corrected chi connectivity index (χ0v) is 11.6. The molecule has 0 aliphatic carbocycles. The minimum Gasteiger partial charge on any atom is -0.495 e. The van der Waals surface area contributed by atoms with Crippen molar-refractivity contribution >= 4 is 21.6 Å². The van der Waals surface area contributed by atoms with Gasteiger partial charge in [-0.1, -0.05) is 13.8 Å². The lowest BCUT2D eigenvalue weighted by molar-refractivity contribution is 0.411. The fourth-order valence-corrected chi connectivity index (χ4v) is 2.73. The van der Waals surface area contributed by atoms with Crippen molar-refractivity contribution in [3.8, 4) is 5.75 Å². The molecular weight excluding hydrogens is 266 g/mol. The fraction of sp³-hybridized carbons (Fsp3) is 0.538. The first-order valence-corrected chi connectivity index (χ1v) is 6.54. The van der Waals surface area contributed by atoms with E-state index in [1.165, 1.54) is 17.7 Å². The van der Waals surface area contributed by atoms with Gasteiger partial charge in [0.05, 0.1) is 11.6 Å². The quantitative estimate of drug-likeness (QED) is 0.891. The van der Waals surface area contributed by atoms with Gasteiger partial charge in [0.2, 0.25) is 0 Å². The molecule has 1 heterocycles. The number of nitrogens with one attached hydrogen (secondary N) is 1. The van der Waals surface area contributed by atoms with Gasteiger partial charge in [-0.3, -0.25) is 0 Å². The Morgan fingerprint density at radius 1 is 1.44 bits per heavy atom. The molecule has 88 valence electrons. The summed E-state index contributed by atoms with van der Waals surface area (Å²) in [5, 5.41) is 3.60. The van der Waals surface area contributed by atoms with Gasteiger partial charge in [-0.15, -0.1) is 0 Å². The molecule has 1 aliphatic heterocycles. The van der Waals surface area contributed by atoms with Crippen LogP contribution in [0.4, 0.5) is 5.69 Å². The van der Waals surface area contributed by atoms with E-state index in [1.54, 1.807) is 7.11 Å². The van der Waals surface area contributed by atoms with E-state index < -0.39 is 0 Å². The zero-order valence-electron chi connectivity index (χ0n) is 10.0. The van der Waals surface area contributed by atoms with Gasteiger partial charge in [0.15, 0.2) is 0 Å². The largest absolute Gasteiger partial charge is 0.495 e. The van der Waals surface area contributed by atoms with E-state index >= 15 is 0 Å². The molecule has 0 bridgehead atoms. The van der Waals surface area contributed by atoms with E-state index in [1.807, 2.05) is 0 Å². The summed E-state index contributed by atoms with van der Waals surface area (Å²) in [5.74, 6) is 1.57. The second kappa shape index (κ2) is 4.66. The molecule has 2 nitrogen and oxygen atoms in total. The van der Waals surface area contributed by atoms with E-state index in [4.69, 9.17) is 4.74 Å². The highest BCUT2D eigenvalue weighted by molar-refractivity contribution is 9.10. The van der Waals surface area contributed by atoms with Crippen molar-refractivity contribution in [3.05, 3.63) is 22.2 Å². The highest BCUT2D eigenvalue weighted by Crippen LogP contribution is 2.35. The van der Waals surface area contributed by atoms with E-state index in [0.29, 0.717) is 12.0 Å². The molecule has 1 aliphatic rings. The van der Waals surface area contributed by atoms with Gasteiger partial charge in [-0.2, -0.15) is 0 Å². The molecule has 0 spiro atoms. The number of anilines is 1. The van der Waals surface area contributed by atoms with Crippen LogP contribution in [0.3, 0.4) is 0 Å². The maximum absolute atomic E-state index is 5.32. The van der Waals surface area contributed by atoms with E-state index in [9.17, 15) is 0 Å². The van der Waals surface area contributed by atoms with Crippen LogP contribution in [-0.4, -0.2) is 13.2 Å². The number of halogens is 1. The van der Waals surface area contributed by atoms with E-state index in [0.717, 1.165) is 16.6 Å². The van der Waals surface area contributed by atoms with Gasteiger partial charge >= 0.3 is 0 Å². The maximum atomic E-state index is 5.32. The molecule has 0 radical (unpaired) electrons. The van der Waals surface area contributed by atoms with Crippen molar-refractivity contribution in [1.29, 1.82) is 0 Å². The van der Waals surface area contributed by atoms with Crippen molar-refractivity contribution in [3.63, 3.8) is 0 Å². The molecular formula is C13H18BrNO. The summed E-state index contributed by atoms with van der Waals surface area (Å²) in [7, 11) is 1.70. The summed E-state index contributed by atoms with van der Waals surface area (Å²) in [6.45, 7) is 4.53. The molecule has 1 N–H and O–H groups in total. The molecule has 1 aromatic rings. The van der Waals surface area contributed by atoms with Gasteiger partial charge in [-0.05, 0) is 46.3 Å². The molecule has 0 saturated carbocycles. The van der Waals surface area contributed by atoms with Crippen LogP contribution in [-0.2, 0) is 6.42 Å². The van der Waals surface area contributed by atoms with Crippen LogP contribution < -0.4 is 10.1 Å². The number of hydrogen-bond donors (Lipinski definition) is 1. The summed E-state index contributed by atoms with van der Waals surface area (Å²) < 4.78 is 6.36. The van der Waals surface area contributed by atoms with Crippen molar-refractivity contribution in [2.45, 2.75) is 32.7 Å². The van der Waals surface area contributed by atoms with Crippen LogP contribution in [0.5, 0.6) is 5.75 Å². The summed E-state index contributed by atoms with van der Waals surface area (Å²) in [5.41, 5.74) is 2.61. The lowest BCUT2D eigenvalue weighted by Crippen LogP contribution is -2.30. The second-order valence-electron chi connectivity index (χ2n) is 4.68. The fourth-order valence-electron chi connectivity index (χ4n) is 2.18. The van der Waals surface area contributed by atoms with Crippen LogP contribution in [0.25, 0.3) is 0 Å². The monoisotopic (exact) mass is 283 g/mol. The number of aryl methyl sites for hydroxylation is 1. The standard InChI is InChI=1S/C13H18BrNO/c1-8(2)11-5-4-9-6-10(14)13(16-3)7-12(9)15-11/h6-8,11,15H,4-5H2,1-3H3. The predicted molar refractivity (Wildman–Crippen MR) is 71.3 cm³/mol. The topological polar surface area (TPSA) is 21.3 Å². The summed E-state index contributed by atoms with van der Waals surface area (Å²) >= 11 is 3.53. The Kier molecular flexibility index (Phi) is 3.43. The molecule has 0 fully saturated rings. The molecule has 1 aromatic carbocycles. The van der Waals surface area contributed by atoms with Crippen LogP contribution >= 0.6 is 15.9 Å². The lowest BCUT2D eigenvalue weighted by atomic mass is 9.91. The van der Waals surface area contributed by atoms with Crippen LogP contribution in [0.1, 0.15) is 25.8 Å². The minimum atomic E-state index is 0.582. The van der Waals surface area contributed by atoms with Crippen molar-refractivity contribution in [2.24, 2.45) is 5.92 Å². The van der Waals surface area contributed by atoms with Gasteiger partial charge in [-0.25, -0.2) is 0 Å². The third-order valence-corrected chi connectivity index (χ3v) is 3.87. The Morgan fingerprint density at radius 3 is 2.81 bits per heavy atom. The first kappa shape index (κ1) is 11.8. The SMILES string of the molecule is COc1cc2c(cc1Br)CCC(C(C)C)N2. The van der Waals surface area contributed by atoms with Crippen molar-refractivity contribution < 1.29 is 4.74 Å². The average molecular weight is 284 g/mol. The van der Waals surface area contributed by atoms with E-state index in [2.05, 4.69) is 47.2 Å². The zero-order chi connectivity index (χ0) is 11.7. The smallest absolute Gasteiger partial charge is 0.135 e. The highest BCUT2D eigenvalue weighted by atomic mass is 79.9. The molecule has 2 rings (SSSR count). The van der Waals surface area contributed by atoms with Crippen LogP contribution in [0, 0.1) is 5.92 Å². The molecule has 3 heteroatoms. The maximum Gasteiger partial charge on any atom is 0.135 e. The summed E-state index contributed by atoms with van der Waals surface area (Å²) in [4.78, 5) is 0. The predicted octanol–water partition coefficient (Wildman–Crippen LogP) is 3.84. The van der Waals surface area contributed by atoms with E-state index in [-0.39, 0.29) is 0 Å². The molecule has 0 aromatic heterocycles. The average Bonchev–Trinajstić information content (AvgIpc) is 2.27. The molecule has 1 atom stereocenters. The second-order valence-corrected chi connectivity index (χ2v) is 5.53. The Labute approximate surface area is 106 Å². The Balaban J connectivity index is 2.30. The van der Waals surface area contributed by atoms with Gasteiger partial charge in [0, 0.05) is 17.8 Å². The summed E-state index contributed by atoms with van der Waals surface area (Å²) in [6.07, 6.45) is 2.36. The number of methoxy groups -OCH3 is 1. The number of benzene rings is 1. The Hall–Kier alpha value is -0.700. The first-order chi connectivity index (χ1) is 7.61. The normalized spacial score (nSPS) is 19.2. The molecule has 16 heavy (non-hydrogen) atoms. The number of fused-ring (bicyclic) bond motifs is 1. The number of hydrogen-bond acceptors (Lipinski definition) is 2. The van der Waals surface area contributed by atoms with Crippen LogP contribution in [0.2, 0.25) is 0 Å². The third-order valence-electron chi connectivity index (χ3n) is 3.25. The first-order valence-electron chi connectivity index (χ1n) is 5.74. The minimum absolute atomic E-state index is 0.582. The number of rotatable bonds is 2. The summed E-state index contributed by atoms with van der Waals surface area (Å²) in [6, 6.07) is 4.84. The molecule has 0 amide bonds. The number of ether oxygens (including phenoxy) is 1. The van der Waals surface area contributed by atoms with Crippen molar-refractivity contribution in [1.82, 2.24) is 0 Å². The van der Waals surface area contributed by atoms with Gasteiger partial charge in [0.25, 0.3) is 0 Å². The van der Waals surface area contributed by atoms with Crippen molar-refractivity contribution in [2.75, 3.05) is 12.4 Å². The highest BCUT2D eigenvalue weighted by Gasteiger charge is 2.21. The Morgan fingerprint density at radius 2 is 2.19 bits per heavy atom. The van der Waals surface area contributed by atoms with Gasteiger partial charge in [0.1, 0.15) is 5.75 Å². The van der Waals surface area contributed by atoms with Gasteiger partial charge < -0.3 is 10.1 Å². The lowest BCUT2D eigenvalue weighted by Gasteiger charge is -2.30. The molecule has 0 saturated heterocycles. The van der Waals surface area contributed by atoms with Crippen LogP contribution in [0.15, 0.2) is 16.6 Å². The Bertz CT molecular complexity index is 390. The third kappa shape index (κ3) is 2.19.